The third-order valence-corrected chi connectivity index (χ3v) is 14.7. The molecule has 3 heterocycles. The lowest BCUT2D eigenvalue weighted by atomic mass is 9.82. The average molecular weight is 677 g/mol. The first-order valence-corrected chi connectivity index (χ1v) is 20.1. The predicted octanol–water partition coefficient (Wildman–Crippen LogP) is 6.82. The second-order valence-electron chi connectivity index (χ2n) is 13.8. The number of aromatic nitrogens is 3. The van der Waals surface area contributed by atoms with Crippen molar-refractivity contribution in [3.05, 3.63) is 88.2 Å². The normalized spacial score (nSPS) is 22.7. The van der Waals surface area contributed by atoms with Gasteiger partial charge in [-0.1, -0.05) is 77.4 Å². The van der Waals surface area contributed by atoms with Crippen molar-refractivity contribution < 1.29 is 19.4 Å². The lowest BCUT2D eigenvalue weighted by molar-refractivity contribution is -0.145. The smallest absolute Gasteiger partial charge is 0.264 e. The van der Waals surface area contributed by atoms with Gasteiger partial charge in [-0.2, -0.15) is 0 Å². The quantitative estimate of drug-likeness (QED) is 0.158. The molecule has 10 heteroatoms. The number of amides is 1. The van der Waals surface area contributed by atoms with Crippen molar-refractivity contribution in [2.24, 2.45) is 5.92 Å². The molecule has 1 spiro atoms. The van der Waals surface area contributed by atoms with E-state index in [0.717, 1.165) is 35.5 Å². The molecule has 0 bridgehead atoms. The van der Waals surface area contributed by atoms with E-state index in [1.165, 1.54) is 16.3 Å². The molecular formula is C37H49ClN4O4Si. The van der Waals surface area contributed by atoms with Gasteiger partial charge in [-0.05, 0) is 75.9 Å². The van der Waals surface area contributed by atoms with Crippen LogP contribution in [0.5, 0.6) is 5.75 Å². The fourth-order valence-electron chi connectivity index (χ4n) is 7.61. The molecule has 1 fully saturated rings. The minimum atomic E-state index is -2.27. The summed E-state index contributed by atoms with van der Waals surface area (Å²) >= 11 is 6.65. The van der Waals surface area contributed by atoms with Gasteiger partial charge in [0.25, 0.3) is 5.91 Å². The van der Waals surface area contributed by atoms with Gasteiger partial charge in [0.1, 0.15) is 5.75 Å². The van der Waals surface area contributed by atoms with E-state index in [1.54, 1.807) is 7.11 Å². The van der Waals surface area contributed by atoms with Crippen molar-refractivity contribution in [1.29, 1.82) is 0 Å². The Bertz CT molecular complexity index is 1630. The summed E-state index contributed by atoms with van der Waals surface area (Å²) in [5, 5.41) is 19.8. The standard InChI is InChI=1S/C37H49ClN4O4Si/c1-25(2)9-8-10-26(3)17-21-42-33-16-11-28(38)23-32(33)37(36(42)44)27(4)35(47(6,7)31-14-12-30(45-5)13-15-31)34(46-37)18-20-41-24-29(19-22-43)39-40-41/h9,11-17,23-24,27,34-35,43H,8,10,18-22H2,1-7H3/b26-17+/t27-,34+,35-,37+/m0/s1. The highest BCUT2D eigenvalue weighted by Gasteiger charge is 2.66. The SMILES string of the molecule is COc1ccc([Si](C)(C)[C@@H]2[C@@H](CCn3cc(CCO)nn3)O[C@]3(C(=O)N(C/C=C(\C)CCC=C(C)C)c4ccc(Cl)cc43)[C@H]2C)cc1. The Morgan fingerprint density at radius 3 is 2.57 bits per heavy atom. The number of aryl methyl sites for hydroxylation is 1. The second-order valence-corrected chi connectivity index (χ2v) is 19.0. The lowest BCUT2D eigenvalue weighted by Crippen LogP contribution is -2.52. The second kappa shape index (κ2) is 14.5. The maximum absolute atomic E-state index is 14.9. The summed E-state index contributed by atoms with van der Waals surface area (Å²) in [4.78, 5) is 16.8. The minimum Gasteiger partial charge on any atom is -0.497 e. The van der Waals surface area contributed by atoms with Gasteiger partial charge in [0, 0.05) is 48.8 Å². The minimum absolute atomic E-state index is 0.0198. The van der Waals surface area contributed by atoms with E-state index in [0.29, 0.717) is 31.0 Å². The Labute approximate surface area is 285 Å². The summed E-state index contributed by atoms with van der Waals surface area (Å²) in [6.07, 6.45) is 9.16. The fourth-order valence-corrected chi connectivity index (χ4v) is 11.8. The van der Waals surface area contributed by atoms with Crippen LogP contribution in [-0.2, 0) is 28.1 Å². The van der Waals surface area contributed by atoms with Crippen LogP contribution in [0, 0.1) is 5.92 Å². The monoisotopic (exact) mass is 676 g/mol. The molecule has 4 atom stereocenters. The molecule has 2 aliphatic heterocycles. The first-order chi connectivity index (χ1) is 22.4. The van der Waals surface area contributed by atoms with E-state index in [4.69, 9.17) is 21.1 Å². The molecule has 2 aliphatic rings. The third kappa shape index (κ3) is 7.00. The molecule has 1 N–H and O–H groups in total. The summed E-state index contributed by atoms with van der Waals surface area (Å²) in [6.45, 7) is 14.4. The van der Waals surface area contributed by atoms with Crippen molar-refractivity contribution in [3.63, 3.8) is 0 Å². The molecule has 1 saturated heterocycles. The zero-order valence-corrected chi connectivity index (χ0v) is 30.6. The van der Waals surface area contributed by atoms with Crippen molar-refractivity contribution in [2.45, 2.75) is 90.3 Å². The fraction of sp³-hybridized carbons (Fsp3) is 0.486. The molecule has 0 radical (unpaired) electrons. The number of nitrogens with zero attached hydrogens (tertiary/aromatic N) is 4. The number of aliphatic hydroxyl groups excluding tert-OH is 1. The highest BCUT2D eigenvalue weighted by Crippen LogP contribution is 2.60. The van der Waals surface area contributed by atoms with Crippen LogP contribution in [0.25, 0.3) is 0 Å². The number of carbonyl (C=O) groups excluding carboxylic acids is 1. The molecule has 0 unspecified atom stereocenters. The highest BCUT2D eigenvalue weighted by molar-refractivity contribution is 6.91. The summed E-state index contributed by atoms with van der Waals surface area (Å²) in [6, 6.07) is 14.2. The molecule has 2 aromatic carbocycles. The van der Waals surface area contributed by atoms with Crippen molar-refractivity contribution >= 4 is 36.5 Å². The number of halogens is 1. The Balaban J connectivity index is 1.53. The van der Waals surface area contributed by atoms with Crippen LogP contribution in [-0.4, -0.2) is 60.4 Å². The summed E-state index contributed by atoms with van der Waals surface area (Å²) in [5.74, 6) is 0.685. The van der Waals surface area contributed by atoms with Crippen molar-refractivity contribution in [2.75, 3.05) is 25.2 Å². The number of fused-ring (bicyclic) bond motifs is 2. The number of hydrogen-bond donors (Lipinski definition) is 1. The molecule has 252 valence electrons. The van der Waals surface area contributed by atoms with Gasteiger partial charge in [0.05, 0.1) is 32.7 Å². The Hall–Kier alpha value is -3.24. The van der Waals surface area contributed by atoms with E-state index in [-0.39, 0.29) is 30.1 Å². The van der Waals surface area contributed by atoms with E-state index in [9.17, 15) is 9.90 Å². The number of hydrogen-bond acceptors (Lipinski definition) is 6. The number of anilines is 1. The topological polar surface area (TPSA) is 89.7 Å². The van der Waals surface area contributed by atoms with E-state index < -0.39 is 13.7 Å². The number of allylic oxidation sites excluding steroid dienone is 3. The van der Waals surface area contributed by atoms with E-state index >= 15 is 0 Å². The molecule has 0 aliphatic carbocycles. The Kier molecular flexibility index (Phi) is 10.8. The van der Waals surface area contributed by atoms with Gasteiger partial charge >= 0.3 is 0 Å². The van der Waals surface area contributed by atoms with Crippen LogP contribution in [0.1, 0.15) is 58.2 Å². The first kappa shape index (κ1) is 35.1. The third-order valence-electron chi connectivity index (χ3n) is 10.1. The molecule has 0 saturated carbocycles. The first-order valence-electron chi connectivity index (χ1n) is 16.7. The molecule has 8 nitrogen and oxygen atoms in total. The van der Waals surface area contributed by atoms with Crippen LogP contribution in [0.4, 0.5) is 5.69 Å². The molecule has 1 aromatic heterocycles. The number of benzene rings is 2. The lowest BCUT2D eigenvalue weighted by Gasteiger charge is -2.37. The van der Waals surface area contributed by atoms with E-state index in [1.807, 2.05) is 46.1 Å². The summed E-state index contributed by atoms with van der Waals surface area (Å²) in [7, 11) is -0.594. The summed E-state index contributed by atoms with van der Waals surface area (Å²) < 4.78 is 14.5. The van der Waals surface area contributed by atoms with Gasteiger partial charge in [-0.3, -0.25) is 9.48 Å². The molecule has 5 rings (SSSR count). The molecule has 3 aromatic rings. The highest BCUT2D eigenvalue weighted by atomic mass is 35.5. The Morgan fingerprint density at radius 1 is 1.15 bits per heavy atom. The molecule has 47 heavy (non-hydrogen) atoms. The molecular weight excluding hydrogens is 628 g/mol. The van der Waals surface area contributed by atoms with Gasteiger partial charge in [0.15, 0.2) is 5.60 Å². The van der Waals surface area contributed by atoms with Gasteiger partial charge in [0.2, 0.25) is 0 Å². The van der Waals surface area contributed by atoms with Crippen LogP contribution < -0.4 is 14.8 Å². The zero-order valence-electron chi connectivity index (χ0n) is 28.8. The maximum Gasteiger partial charge on any atom is 0.264 e. The molecule has 1 amide bonds. The number of ether oxygens (including phenoxy) is 2. The number of carbonyl (C=O) groups is 1. The summed E-state index contributed by atoms with van der Waals surface area (Å²) in [5.41, 5.74) is 4.00. The average Bonchev–Trinajstić information content (AvgIpc) is 3.68. The number of rotatable bonds is 13. The van der Waals surface area contributed by atoms with Crippen LogP contribution >= 0.6 is 11.6 Å². The van der Waals surface area contributed by atoms with E-state index in [2.05, 4.69) is 75.4 Å². The van der Waals surface area contributed by atoms with Crippen molar-refractivity contribution in [1.82, 2.24) is 15.0 Å². The Morgan fingerprint density at radius 2 is 1.89 bits per heavy atom. The number of aliphatic hydroxyl groups is 1. The van der Waals surface area contributed by atoms with Crippen LogP contribution in [0.2, 0.25) is 23.7 Å². The van der Waals surface area contributed by atoms with Crippen LogP contribution in [0.15, 0.2) is 72.0 Å². The van der Waals surface area contributed by atoms with Crippen LogP contribution in [0.3, 0.4) is 0 Å². The largest absolute Gasteiger partial charge is 0.497 e. The van der Waals surface area contributed by atoms with Gasteiger partial charge < -0.3 is 19.5 Å². The number of methoxy groups -OCH3 is 1. The predicted molar refractivity (Wildman–Crippen MR) is 191 cm³/mol. The maximum atomic E-state index is 14.9. The van der Waals surface area contributed by atoms with Gasteiger partial charge in [-0.15, -0.1) is 5.10 Å². The van der Waals surface area contributed by atoms with Crippen molar-refractivity contribution in [3.8, 4) is 5.75 Å². The van der Waals surface area contributed by atoms with Gasteiger partial charge in [-0.25, -0.2) is 0 Å². The zero-order chi connectivity index (χ0) is 33.9.